The number of nitrogens with zero attached hydrogens (tertiary/aromatic N) is 3. The molecule has 1 amide bonds. The minimum absolute atomic E-state index is 0.101. The third kappa shape index (κ3) is 4.09. The number of oxime groups is 1. The second kappa shape index (κ2) is 8.74. The van der Waals surface area contributed by atoms with E-state index in [4.69, 9.17) is 9.57 Å². The number of ether oxygens (including phenoxy) is 1. The number of hydrogen-bond donors (Lipinski definition) is 1. The average molecular weight is 499 g/mol. The largest absolute Gasteiger partial charge is 0.463 e. The Balaban J connectivity index is 1.59. The highest BCUT2D eigenvalue weighted by atomic mass is 32.2. The molecule has 35 heavy (non-hydrogen) atoms. The maximum atomic E-state index is 12.8. The van der Waals surface area contributed by atoms with Gasteiger partial charge in [-0.3, -0.25) is 4.79 Å². The van der Waals surface area contributed by atoms with Gasteiger partial charge in [0.2, 0.25) is 16.1 Å². The predicted molar refractivity (Wildman–Crippen MR) is 128 cm³/mol. The molecule has 11 heteroatoms. The molecule has 0 spiro atoms. The van der Waals surface area contributed by atoms with Crippen molar-refractivity contribution in [1.29, 1.82) is 0 Å². The molecule has 184 valence electrons. The van der Waals surface area contributed by atoms with E-state index in [-0.39, 0.29) is 17.2 Å². The van der Waals surface area contributed by atoms with E-state index in [1.165, 1.54) is 18.4 Å². The van der Waals surface area contributed by atoms with Crippen LogP contribution in [0.15, 0.2) is 40.4 Å². The second-order valence-electron chi connectivity index (χ2n) is 9.05. The fraction of sp³-hybridized carbons (Fsp3) is 0.375. The van der Waals surface area contributed by atoms with E-state index in [0.717, 1.165) is 35.2 Å². The first-order chi connectivity index (χ1) is 16.7. The zero-order chi connectivity index (χ0) is 24.9. The summed E-state index contributed by atoms with van der Waals surface area (Å²) in [4.78, 5) is 32.3. The van der Waals surface area contributed by atoms with E-state index in [9.17, 15) is 18.0 Å². The van der Waals surface area contributed by atoms with E-state index in [1.807, 2.05) is 13.1 Å². The Morgan fingerprint density at radius 3 is 2.54 bits per heavy atom. The molecule has 1 fully saturated rings. The number of benzene rings is 2. The van der Waals surface area contributed by atoms with Crippen molar-refractivity contribution in [1.82, 2.24) is 9.21 Å². The molecule has 1 saturated heterocycles. The number of cyclic esters (lactones) is 1. The first kappa shape index (κ1) is 23.5. The Hall–Kier alpha value is -3.28. The van der Waals surface area contributed by atoms with Crippen molar-refractivity contribution in [3.63, 3.8) is 0 Å². The summed E-state index contributed by atoms with van der Waals surface area (Å²) in [6.07, 6.45) is 0.333. The first-order valence-corrected chi connectivity index (χ1v) is 12.7. The molecule has 2 aromatic carbocycles. The van der Waals surface area contributed by atoms with E-state index in [1.54, 1.807) is 24.3 Å². The highest BCUT2D eigenvalue weighted by molar-refractivity contribution is 7.89. The first-order valence-electron chi connectivity index (χ1n) is 11.3. The molecule has 0 saturated carbocycles. The average Bonchev–Trinajstić information content (AvgIpc) is 3.38. The maximum Gasteiger partial charge on any atom is 0.350 e. The van der Waals surface area contributed by atoms with Crippen molar-refractivity contribution < 1.29 is 27.6 Å². The van der Waals surface area contributed by atoms with Crippen molar-refractivity contribution in [3.05, 3.63) is 47.0 Å². The van der Waals surface area contributed by atoms with Gasteiger partial charge in [-0.05, 0) is 53.9 Å². The van der Waals surface area contributed by atoms with Crippen LogP contribution < -0.4 is 5.32 Å². The molecule has 0 aromatic heterocycles. The van der Waals surface area contributed by atoms with Crippen LogP contribution in [0.4, 0.5) is 5.69 Å². The lowest BCUT2D eigenvalue weighted by Crippen LogP contribution is -2.27. The fourth-order valence-corrected chi connectivity index (χ4v) is 5.47. The molecular weight excluding hydrogens is 472 g/mol. The maximum absolute atomic E-state index is 12.8. The number of carbonyl (C=O) groups excluding carboxylic acids is 2. The van der Waals surface area contributed by atoms with E-state index in [2.05, 4.69) is 15.4 Å². The lowest BCUT2D eigenvalue weighted by Gasteiger charge is -2.29. The molecular formula is C24H26N4O6S. The fourth-order valence-electron chi connectivity index (χ4n) is 4.57. The van der Waals surface area contributed by atoms with Crippen LogP contribution in [0.1, 0.15) is 23.1 Å². The van der Waals surface area contributed by atoms with Crippen molar-refractivity contribution in [2.75, 3.05) is 39.6 Å². The number of nitrogens with one attached hydrogen (secondary N) is 1. The number of anilines is 1. The van der Waals surface area contributed by atoms with Gasteiger partial charge < -0.3 is 19.8 Å². The summed E-state index contributed by atoms with van der Waals surface area (Å²) in [5.74, 6) is -0.889. The van der Waals surface area contributed by atoms with Gasteiger partial charge in [0.05, 0.1) is 17.2 Å². The molecule has 0 bridgehead atoms. The van der Waals surface area contributed by atoms with E-state index < -0.39 is 28.0 Å². The second-order valence-corrected chi connectivity index (χ2v) is 11.2. The summed E-state index contributed by atoms with van der Waals surface area (Å²) in [7, 11) is 1.46. The summed E-state index contributed by atoms with van der Waals surface area (Å²) in [6, 6.07) is 8.63. The molecule has 5 rings (SSSR count). The SMILES string of the molecule is CN1CCc2c(-c3ccc(S(=O)(=O)N(C)C)cc3)cc3c(c2C1)NC(=O)/C3=N\OC1CCOC1=O. The molecule has 1 atom stereocenters. The number of sulfonamides is 1. The van der Waals surface area contributed by atoms with Gasteiger partial charge in [0, 0.05) is 39.2 Å². The lowest BCUT2D eigenvalue weighted by atomic mass is 9.87. The number of hydrogen-bond acceptors (Lipinski definition) is 8. The molecule has 0 aliphatic carbocycles. The number of likely N-dealkylation sites (N-methyl/N-ethyl adjacent to an activating group) is 1. The van der Waals surface area contributed by atoms with Gasteiger partial charge in [-0.1, -0.05) is 17.3 Å². The molecule has 1 N–H and O–H groups in total. The van der Waals surface area contributed by atoms with Gasteiger partial charge in [0.15, 0.2) is 5.71 Å². The number of amides is 1. The summed E-state index contributed by atoms with van der Waals surface area (Å²) in [5.41, 5.74) is 5.24. The van der Waals surface area contributed by atoms with E-state index >= 15 is 0 Å². The van der Waals surface area contributed by atoms with Crippen molar-refractivity contribution in [2.45, 2.75) is 30.4 Å². The molecule has 3 aliphatic rings. The minimum Gasteiger partial charge on any atom is -0.463 e. The highest BCUT2D eigenvalue weighted by Gasteiger charge is 2.35. The lowest BCUT2D eigenvalue weighted by molar-refractivity contribution is -0.147. The topological polar surface area (TPSA) is 118 Å². The zero-order valence-electron chi connectivity index (χ0n) is 19.7. The monoisotopic (exact) mass is 498 g/mol. The van der Waals surface area contributed by atoms with Crippen LogP contribution in [0.25, 0.3) is 11.1 Å². The molecule has 10 nitrogen and oxygen atoms in total. The standard InChI is InChI=1S/C24H26N4O6S/c1-27(2)35(31,32)15-6-4-14(5-7-15)17-12-18-21(19-13-28(3)10-8-16(17)19)25-23(29)22(18)26-34-20-9-11-33-24(20)30/h4-7,12,20H,8-11,13H2,1-3H3,(H,25,26,29). The summed E-state index contributed by atoms with van der Waals surface area (Å²) in [6.45, 7) is 1.76. The van der Waals surface area contributed by atoms with Crippen LogP contribution in [0.3, 0.4) is 0 Å². The van der Waals surface area contributed by atoms with Crippen molar-refractivity contribution >= 4 is 33.3 Å². The number of fused-ring (bicyclic) bond motifs is 3. The smallest absolute Gasteiger partial charge is 0.350 e. The Labute approximate surface area is 203 Å². The van der Waals surface area contributed by atoms with Gasteiger partial charge in [-0.25, -0.2) is 17.5 Å². The Morgan fingerprint density at radius 1 is 1.14 bits per heavy atom. The Morgan fingerprint density at radius 2 is 1.89 bits per heavy atom. The molecule has 0 radical (unpaired) electrons. The van der Waals surface area contributed by atoms with Crippen LogP contribution in [0, 0.1) is 0 Å². The molecule has 3 heterocycles. The quantitative estimate of drug-likeness (QED) is 0.491. The number of carbonyl (C=O) groups is 2. The van der Waals surface area contributed by atoms with Crippen molar-refractivity contribution in [3.8, 4) is 11.1 Å². The van der Waals surface area contributed by atoms with Gasteiger partial charge in [-0.15, -0.1) is 0 Å². The van der Waals surface area contributed by atoms with Crippen LogP contribution in [0.2, 0.25) is 0 Å². The van der Waals surface area contributed by atoms with Gasteiger partial charge in [-0.2, -0.15) is 0 Å². The highest BCUT2D eigenvalue weighted by Crippen LogP contribution is 2.40. The van der Waals surface area contributed by atoms with Crippen LogP contribution in [-0.2, 0) is 42.2 Å². The zero-order valence-corrected chi connectivity index (χ0v) is 20.5. The molecule has 1 unspecified atom stereocenters. The van der Waals surface area contributed by atoms with Crippen LogP contribution in [-0.4, -0.2) is 75.6 Å². The number of rotatable bonds is 5. The predicted octanol–water partition coefficient (Wildman–Crippen LogP) is 1.58. The summed E-state index contributed by atoms with van der Waals surface area (Å²) < 4.78 is 31.1. The van der Waals surface area contributed by atoms with Crippen LogP contribution in [0.5, 0.6) is 0 Å². The van der Waals surface area contributed by atoms with Gasteiger partial charge >= 0.3 is 5.97 Å². The van der Waals surface area contributed by atoms with Gasteiger partial charge in [0.25, 0.3) is 5.91 Å². The van der Waals surface area contributed by atoms with Crippen molar-refractivity contribution in [2.24, 2.45) is 5.16 Å². The third-order valence-electron chi connectivity index (χ3n) is 6.53. The Kier molecular flexibility index (Phi) is 5.86. The third-order valence-corrected chi connectivity index (χ3v) is 8.36. The Bertz CT molecular complexity index is 1350. The normalized spacial score (nSPS) is 21.1. The molecule has 2 aromatic rings. The summed E-state index contributed by atoms with van der Waals surface area (Å²) >= 11 is 0. The molecule has 3 aliphatic heterocycles. The number of esters is 1. The van der Waals surface area contributed by atoms with Gasteiger partial charge in [0.1, 0.15) is 0 Å². The summed E-state index contributed by atoms with van der Waals surface area (Å²) in [5, 5.41) is 6.98. The minimum atomic E-state index is -3.55. The van der Waals surface area contributed by atoms with E-state index in [0.29, 0.717) is 24.2 Å². The van der Waals surface area contributed by atoms with Crippen LogP contribution >= 0.6 is 0 Å².